The van der Waals surface area contributed by atoms with Crippen LogP contribution in [-0.4, -0.2) is 68.4 Å². The molecule has 2 fully saturated rings. The fourth-order valence-electron chi connectivity index (χ4n) is 7.62. The number of fused-ring (bicyclic) bond motifs is 1. The minimum absolute atomic E-state index is 0.204. The number of anilines is 1. The molecule has 2 aliphatic heterocycles. The first-order valence-corrected chi connectivity index (χ1v) is 19.0. The molecule has 0 radical (unpaired) electrons. The van der Waals surface area contributed by atoms with Gasteiger partial charge in [-0.1, -0.05) is 48.5 Å². The number of aromatic nitrogens is 4. The monoisotopic (exact) mass is 748 g/mol. The normalized spacial score (nSPS) is 16.4. The van der Waals surface area contributed by atoms with Gasteiger partial charge in [0.2, 0.25) is 11.8 Å². The Kier molecular flexibility index (Phi) is 10.5. The van der Waals surface area contributed by atoms with Crippen LogP contribution in [0.4, 0.5) is 5.69 Å². The maximum absolute atomic E-state index is 12.7. The summed E-state index contributed by atoms with van der Waals surface area (Å²) < 4.78 is 7.01. The number of pyridine rings is 1. The standard InChI is InChI=1S/C44H44N8O4/c1-28-21-33(7-8-34(28)23-46-43(54)38-14-13-37(56-2)24-45-38)42-40-22-35(26-52(40)48-27-47-42)31-5-3-29(4-6-31)25-51-19-17-32(18-20-51)30-9-11-36(12-10-30)49-39-15-16-41(53)50-44(39)55/h3-14,21-22,24,26-27,32,39,49H,15-20,23,25H2,1-2H3,(H,46,54)(H,50,53,55). The van der Waals surface area contributed by atoms with E-state index in [4.69, 9.17) is 4.74 Å². The Bertz CT molecular complexity index is 2370. The second-order valence-corrected chi connectivity index (χ2v) is 14.6. The van der Waals surface area contributed by atoms with Gasteiger partial charge in [-0.2, -0.15) is 5.10 Å². The van der Waals surface area contributed by atoms with Crippen molar-refractivity contribution in [3.05, 3.63) is 132 Å². The third-order valence-electron chi connectivity index (χ3n) is 10.9. The van der Waals surface area contributed by atoms with E-state index in [0.29, 0.717) is 36.7 Å². The first kappa shape index (κ1) is 36.6. The Morgan fingerprint density at radius 3 is 2.39 bits per heavy atom. The van der Waals surface area contributed by atoms with Crippen molar-refractivity contribution >= 4 is 28.9 Å². The lowest BCUT2D eigenvalue weighted by molar-refractivity contribution is -0.133. The molecule has 12 heteroatoms. The van der Waals surface area contributed by atoms with Gasteiger partial charge in [0.15, 0.2) is 0 Å². The fourth-order valence-corrected chi connectivity index (χ4v) is 7.62. The summed E-state index contributed by atoms with van der Waals surface area (Å²) >= 11 is 0. The van der Waals surface area contributed by atoms with Crippen LogP contribution in [0.25, 0.3) is 27.9 Å². The summed E-state index contributed by atoms with van der Waals surface area (Å²) in [5, 5.41) is 13.1. The van der Waals surface area contributed by atoms with Crippen molar-refractivity contribution in [2.24, 2.45) is 0 Å². The Morgan fingerprint density at radius 2 is 1.68 bits per heavy atom. The van der Waals surface area contributed by atoms with E-state index in [2.05, 4.69) is 84.4 Å². The highest BCUT2D eigenvalue weighted by molar-refractivity contribution is 6.01. The molecule has 3 N–H and O–H groups in total. The maximum atomic E-state index is 12.7. The van der Waals surface area contributed by atoms with Crippen LogP contribution in [0.5, 0.6) is 5.75 Å². The number of piperidine rings is 2. The number of carbonyl (C=O) groups is 3. The van der Waals surface area contributed by atoms with Crippen molar-refractivity contribution in [2.75, 3.05) is 25.5 Å². The quantitative estimate of drug-likeness (QED) is 0.130. The second kappa shape index (κ2) is 16.1. The Balaban J connectivity index is 0.858. The predicted octanol–water partition coefficient (Wildman–Crippen LogP) is 6.30. The van der Waals surface area contributed by atoms with Gasteiger partial charge >= 0.3 is 0 Å². The minimum atomic E-state index is -0.374. The number of hydrogen-bond acceptors (Lipinski definition) is 9. The summed E-state index contributed by atoms with van der Waals surface area (Å²) in [6.07, 6.45) is 8.23. The van der Waals surface area contributed by atoms with Crippen LogP contribution < -0.4 is 20.7 Å². The number of benzene rings is 3. The molecule has 1 unspecified atom stereocenters. The van der Waals surface area contributed by atoms with E-state index in [9.17, 15) is 14.4 Å². The lowest BCUT2D eigenvalue weighted by atomic mass is 9.89. The lowest BCUT2D eigenvalue weighted by Gasteiger charge is -2.32. The summed E-state index contributed by atoms with van der Waals surface area (Å²) in [7, 11) is 1.56. The molecule has 5 heterocycles. The van der Waals surface area contributed by atoms with E-state index in [-0.39, 0.29) is 23.8 Å². The number of carbonyl (C=O) groups excluding carboxylic acids is 3. The van der Waals surface area contributed by atoms with E-state index in [0.717, 1.165) is 77.2 Å². The summed E-state index contributed by atoms with van der Waals surface area (Å²) in [5.74, 6) is 0.407. The van der Waals surface area contributed by atoms with Crippen LogP contribution in [0, 0.1) is 6.92 Å². The van der Waals surface area contributed by atoms with Crippen molar-refractivity contribution in [2.45, 2.75) is 57.7 Å². The van der Waals surface area contributed by atoms with Gasteiger partial charge in [0.1, 0.15) is 23.8 Å². The van der Waals surface area contributed by atoms with Gasteiger partial charge in [0.05, 0.1) is 24.5 Å². The topological polar surface area (TPSA) is 143 Å². The number of hydrogen-bond donors (Lipinski definition) is 3. The SMILES string of the molecule is COc1ccc(C(=O)NCc2ccc(-c3ncnn4cc(-c5ccc(CN6CCC(c7ccc(NC8CCC(=O)NC8=O)cc7)CC6)cc5)cc34)cc2C)nc1. The van der Waals surface area contributed by atoms with E-state index in [1.165, 1.54) is 17.3 Å². The summed E-state index contributed by atoms with van der Waals surface area (Å²) in [5.41, 5.74) is 10.8. The summed E-state index contributed by atoms with van der Waals surface area (Å²) in [6.45, 7) is 5.39. The van der Waals surface area contributed by atoms with E-state index in [1.807, 2.05) is 41.9 Å². The van der Waals surface area contributed by atoms with Crippen molar-refractivity contribution in [1.82, 2.24) is 35.1 Å². The van der Waals surface area contributed by atoms with E-state index < -0.39 is 0 Å². The highest BCUT2D eigenvalue weighted by Crippen LogP contribution is 2.32. The van der Waals surface area contributed by atoms with Gasteiger partial charge in [-0.25, -0.2) is 14.5 Å². The molecule has 3 aromatic carbocycles. The number of likely N-dealkylation sites (tertiary alicyclic amines) is 1. The smallest absolute Gasteiger partial charge is 0.270 e. The van der Waals surface area contributed by atoms with Gasteiger partial charge in [0.25, 0.3) is 5.91 Å². The molecule has 6 aromatic rings. The van der Waals surface area contributed by atoms with Gasteiger partial charge in [-0.15, -0.1) is 0 Å². The highest BCUT2D eigenvalue weighted by Gasteiger charge is 2.27. The van der Waals surface area contributed by atoms with E-state index in [1.54, 1.807) is 25.6 Å². The first-order valence-electron chi connectivity index (χ1n) is 19.0. The predicted molar refractivity (Wildman–Crippen MR) is 214 cm³/mol. The fraction of sp³-hybridized carbons (Fsp3) is 0.273. The zero-order valence-electron chi connectivity index (χ0n) is 31.5. The minimum Gasteiger partial charge on any atom is -0.495 e. The molecule has 56 heavy (non-hydrogen) atoms. The molecule has 0 saturated carbocycles. The van der Waals surface area contributed by atoms with Crippen molar-refractivity contribution in [1.29, 1.82) is 0 Å². The molecule has 0 bridgehead atoms. The molecule has 0 spiro atoms. The van der Waals surface area contributed by atoms with Gasteiger partial charge in [0, 0.05) is 42.5 Å². The van der Waals surface area contributed by atoms with Crippen molar-refractivity contribution in [3.8, 4) is 28.1 Å². The summed E-state index contributed by atoms with van der Waals surface area (Å²) in [6, 6.07) is 28.5. The number of ether oxygens (including phenoxy) is 1. The molecule has 2 saturated heterocycles. The highest BCUT2D eigenvalue weighted by atomic mass is 16.5. The van der Waals surface area contributed by atoms with E-state index >= 15 is 0 Å². The zero-order chi connectivity index (χ0) is 38.6. The number of nitrogens with zero attached hydrogens (tertiary/aromatic N) is 5. The van der Waals surface area contributed by atoms with Crippen LogP contribution in [0.15, 0.2) is 104 Å². The molecule has 284 valence electrons. The van der Waals surface area contributed by atoms with Gasteiger partial charge < -0.3 is 15.4 Å². The van der Waals surface area contributed by atoms with Crippen LogP contribution in [0.2, 0.25) is 0 Å². The molecule has 1 atom stereocenters. The lowest BCUT2D eigenvalue weighted by Crippen LogP contribution is -2.47. The number of amides is 3. The summed E-state index contributed by atoms with van der Waals surface area (Å²) in [4.78, 5) is 47.6. The zero-order valence-corrected chi connectivity index (χ0v) is 31.5. The maximum Gasteiger partial charge on any atom is 0.270 e. The average molecular weight is 749 g/mol. The van der Waals surface area contributed by atoms with Gasteiger partial charge in [-0.3, -0.25) is 24.6 Å². The molecular formula is C44H44N8O4. The Hall–Kier alpha value is -6.40. The number of methoxy groups -OCH3 is 1. The average Bonchev–Trinajstić information content (AvgIpc) is 3.67. The number of nitrogens with one attached hydrogen (secondary N) is 3. The molecule has 2 aliphatic rings. The largest absolute Gasteiger partial charge is 0.495 e. The third kappa shape index (κ3) is 8.15. The molecule has 8 rings (SSSR count). The number of rotatable bonds is 11. The Morgan fingerprint density at radius 1 is 0.893 bits per heavy atom. The second-order valence-electron chi connectivity index (χ2n) is 14.6. The third-order valence-corrected chi connectivity index (χ3v) is 10.9. The van der Waals surface area contributed by atoms with Crippen molar-refractivity contribution in [3.63, 3.8) is 0 Å². The van der Waals surface area contributed by atoms with Gasteiger partial charge in [-0.05, 0) is 109 Å². The Labute approximate surface area is 325 Å². The van der Waals surface area contributed by atoms with Crippen molar-refractivity contribution < 1.29 is 19.1 Å². The van der Waals surface area contributed by atoms with Crippen LogP contribution in [-0.2, 0) is 22.7 Å². The van der Waals surface area contributed by atoms with Crippen LogP contribution >= 0.6 is 0 Å². The number of imide groups is 1. The molecule has 12 nitrogen and oxygen atoms in total. The van der Waals surface area contributed by atoms with Crippen LogP contribution in [0.1, 0.15) is 64.3 Å². The van der Waals surface area contributed by atoms with Crippen LogP contribution in [0.3, 0.4) is 0 Å². The molecule has 0 aliphatic carbocycles. The molecule has 3 amide bonds. The first-order chi connectivity index (χ1) is 27.3. The molecule has 3 aromatic heterocycles. The number of aryl methyl sites for hydroxylation is 1. The molecular weight excluding hydrogens is 705 g/mol.